The average Bonchev–Trinajstić information content (AvgIpc) is 2.60. The molecular weight excluding hydrogens is 308 g/mol. The maximum Gasteiger partial charge on any atom is 0.248 e. The van der Waals surface area contributed by atoms with Crippen LogP contribution in [0.5, 0.6) is 0 Å². The smallest absolute Gasteiger partial charge is 0.248 e. The second kappa shape index (κ2) is 9.22. The number of nitrogens with zero attached hydrogens (tertiary/aromatic N) is 2. The molecule has 0 saturated carbocycles. The number of hydrogen-bond donors (Lipinski definition) is 2. The van der Waals surface area contributed by atoms with Gasteiger partial charge in [-0.05, 0) is 31.4 Å². The summed E-state index contributed by atoms with van der Waals surface area (Å²) in [5, 5.41) is 6.14. The van der Waals surface area contributed by atoms with Crippen LogP contribution >= 0.6 is 0 Å². The van der Waals surface area contributed by atoms with E-state index in [4.69, 9.17) is 4.74 Å². The van der Waals surface area contributed by atoms with Crippen molar-refractivity contribution in [3.05, 3.63) is 23.9 Å². The summed E-state index contributed by atoms with van der Waals surface area (Å²) >= 11 is 0. The van der Waals surface area contributed by atoms with Gasteiger partial charge in [-0.15, -0.1) is 0 Å². The van der Waals surface area contributed by atoms with E-state index >= 15 is 0 Å². The molecule has 7 nitrogen and oxygen atoms in total. The third-order valence-corrected chi connectivity index (χ3v) is 4.14. The van der Waals surface area contributed by atoms with Gasteiger partial charge in [-0.1, -0.05) is 6.07 Å². The van der Waals surface area contributed by atoms with Gasteiger partial charge in [-0.2, -0.15) is 0 Å². The maximum atomic E-state index is 12.3. The first-order valence-electron chi connectivity index (χ1n) is 8.31. The molecule has 0 aliphatic carbocycles. The van der Waals surface area contributed by atoms with Crippen LogP contribution in [-0.2, 0) is 14.3 Å². The Labute approximate surface area is 142 Å². The molecule has 1 saturated heterocycles. The summed E-state index contributed by atoms with van der Waals surface area (Å²) in [5.41, 5.74) is 1.07. The van der Waals surface area contributed by atoms with Crippen molar-refractivity contribution in [2.75, 3.05) is 45.2 Å². The van der Waals surface area contributed by atoms with Crippen molar-refractivity contribution in [2.24, 2.45) is 5.92 Å². The Morgan fingerprint density at radius 2 is 2.25 bits per heavy atom. The number of amides is 2. The van der Waals surface area contributed by atoms with Crippen molar-refractivity contribution in [1.29, 1.82) is 0 Å². The topological polar surface area (TPSA) is 83.6 Å². The molecule has 7 heteroatoms. The van der Waals surface area contributed by atoms with Gasteiger partial charge in [0.25, 0.3) is 0 Å². The predicted octanol–water partition coefficient (Wildman–Crippen LogP) is 0.803. The van der Waals surface area contributed by atoms with Crippen molar-refractivity contribution in [3.8, 4) is 0 Å². The standard InChI is InChI=1S/C17H26N4O3/c1-13-5-3-7-18-16(13)19-8-9-20-17(23)14-6-4-10-21(11-14)15(22)12-24-2/h3,5,7,14H,4,6,8-12H2,1-2H3,(H,18,19)(H,20,23). The number of ether oxygens (including phenoxy) is 1. The Morgan fingerprint density at radius 1 is 1.42 bits per heavy atom. The van der Waals surface area contributed by atoms with E-state index in [1.807, 2.05) is 19.1 Å². The molecule has 1 aromatic heterocycles. The lowest BCUT2D eigenvalue weighted by atomic mass is 9.97. The molecule has 1 unspecified atom stereocenters. The zero-order valence-corrected chi connectivity index (χ0v) is 14.4. The van der Waals surface area contributed by atoms with Gasteiger partial charge in [-0.25, -0.2) is 4.98 Å². The van der Waals surface area contributed by atoms with Gasteiger partial charge in [0.1, 0.15) is 12.4 Å². The van der Waals surface area contributed by atoms with Crippen LogP contribution in [0.3, 0.4) is 0 Å². The molecule has 1 aliphatic rings. The third-order valence-electron chi connectivity index (χ3n) is 4.14. The molecule has 0 spiro atoms. The fraction of sp³-hybridized carbons (Fsp3) is 0.588. The summed E-state index contributed by atoms with van der Waals surface area (Å²) in [7, 11) is 1.50. The minimum absolute atomic E-state index is 0.00413. The van der Waals surface area contributed by atoms with E-state index in [0.717, 1.165) is 24.2 Å². The number of nitrogens with one attached hydrogen (secondary N) is 2. The Morgan fingerprint density at radius 3 is 3.00 bits per heavy atom. The Balaban J connectivity index is 1.72. The quantitative estimate of drug-likeness (QED) is 0.721. The van der Waals surface area contributed by atoms with Gasteiger partial charge in [0, 0.05) is 39.5 Å². The molecule has 1 aliphatic heterocycles. The molecule has 2 amide bonds. The van der Waals surface area contributed by atoms with Crippen LogP contribution < -0.4 is 10.6 Å². The van der Waals surface area contributed by atoms with Crippen LogP contribution in [0.4, 0.5) is 5.82 Å². The molecule has 2 N–H and O–H groups in total. The lowest BCUT2D eigenvalue weighted by molar-refractivity contribution is -0.138. The highest BCUT2D eigenvalue weighted by molar-refractivity contribution is 5.81. The van der Waals surface area contributed by atoms with Crippen LogP contribution in [-0.4, -0.2) is 61.6 Å². The Bertz CT molecular complexity index is 565. The van der Waals surface area contributed by atoms with E-state index in [2.05, 4.69) is 15.6 Å². The Kier molecular flexibility index (Phi) is 6.99. The van der Waals surface area contributed by atoms with E-state index in [1.165, 1.54) is 7.11 Å². The van der Waals surface area contributed by atoms with E-state index in [-0.39, 0.29) is 24.3 Å². The van der Waals surface area contributed by atoms with Crippen LogP contribution in [0.2, 0.25) is 0 Å². The number of hydrogen-bond acceptors (Lipinski definition) is 5. The highest BCUT2D eigenvalue weighted by atomic mass is 16.5. The van der Waals surface area contributed by atoms with Crippen LogP contribution in [0.1, 0.15) is 18.4 Å². The van der Waals surface area contributed by atoms with E-state index in [0.29, 0.717) is 26.2 Å². The average molecular weight is 334 g/mol. The molecule has 0 bridgehead atoms. The predicted molar refractivity (Wildman–Crippen MR) is 91.7 cm³/mol. The van der Waals surface area contributed by atoms with Crippen molar-refractivity contribution >= 4 is 17.6 Å². The van der Waals surface area contributed by atoms with Crippen LogP contribution in [0.25, 0.3) is 0 Å². The first-order chi connectivity index (χ1) is 11.6. The lowest BCUT2D eigenvalue weighted by Crippen LogP contribution is -2.47. The molecular formula is C17H26N4O3. The summed E-state index contributed by atoms with van der Waals surface area (Å²) in [5.74, 6) is 0.642. The first kappa shape index (κ1) is 18.2. The highest BCUT2D eigenvalue weighted by Crippen LogP contribution is 2.16. The number of pyridine rings is 1. The number of aryl methyl sites for hydroxylation is 1. The molecule has 24 heavy (non-hydrogen) atoms. The number of carbonyl (C=O) groups is 2. The number of likely N-dealkylation sites (tertiary alicyclic amines) is 1. The zero-order chi connectivity index (χ0) is 17.4. The van der Waals surface area contributed by atoms with Gasteiger partial charge >= 0.3 is 0 Å². The zero-order valence-electron chi connectivity index (χ0n) is 14.4. The van der Waals surface area contributed by atoms with Gasteiger partial charge in [-0.3, -0.25) is 9.59 Å². The maximum absolute atomic E-state index is 12.3. The summed E-state index contributed by atoms with van der Waals surface area (Å²) in [6.45, 7) is 4.37. The number of methoxy groups -OCH3 is 1. The minimum atomic E-state index is -0.142. The largest absolute Gasteiger partial charge is 0.375 e. The second-order valence-electron chi connectivity index (χ2n) is 6.00. The molecule has 132 valence electrons. The summed E-state index contributed by atoms with van der Waals surface area (Å²) < 4.78 is 4.88. The Hall–Kier alpha value is -2.15. The summed E-state index contributed by atoms with van der Waals surface area (Å²) in [6.07, 6.45) is 3.40. The van der Waals surface area contributed by atoms with E-state index in [1.54, 1.807) is 11.1 Å². The van der Waals surface area contributed by atoms with Gasteiger partial charge < -0.3 is 20.3 Å². The third kappa shape index (κ3) is 5.19. The molecule has 1 atom stereocenters. The van der Waals surface area contributed by atoms with Gasteiger partial charge in [0.2, 0.25) is 11.8 Å². The van der Waals surface area contributed by atoms with Crippen molar-refractivity contribution in [3.63, 3.8) is 0 Å². The minimum Gasteiger partial charge on any atom is -0.375 e. The second-order valence-corrected chi connectivity index (χ2v) is 6.00. The molecule has 1 aromatic rings. The first-order valence-corrected chi connectivity index (χ1v) is 8.31. The van der Waals surface area contributed by atoms with Crippen molar-refractivity contribution < 1.29 is 14.3 Å². The van der Waals surface area contributed by atoms with E-state index < -0.39 is 0 Å². The lowest BCUT2D eigenvalue weighted by Gasteiger charge is -2.31. The highest BCUT2D eigenvalue weighted by Gasteiger charge is 2.27. The molecule has 0 aromatic carbocycles. The summed E-state index contributed by atoms with van der Waals surface area (Å²) in [6, 6.07) is 3.88. The number of piperidine rings is 1. The van der Waals surface area contributed by atoms with Gasteiger partial charge in [0.15, 0.2) is 0 Å². The molecule has 2 heterocycles. The van der Waals surface area contributed by atoms with Crippen LogP contribution in [0.15, 0.2) is 18.3 Å². The summed E-state index contributed by atoms with van der Waals surface area (Å²) in [4.78, 5) is 30.1. The van der Waals surface area contributed by atoms with E-state index in [9.17, 15) is 9.59 Å². The fourth-order valence-electron chi connectivity index (χ4n) is 2.81. The molecule has 1 fully saturated rings. The number of carbonyl (C=O) groups excluding carboxylic acids is 2. The number of aromatic nitrogens is 1. The van der Waals surface area contributed by atoms with Crippen molar-refractivity contribution in [2.45, 2.75) is 19.8 Å². The monoisotopic (exact) mass is 334 g/mol. The number of rotatable bonds is 7. The molecule has 0 radical (unpaired) electrons. The fourth-order valence-corrected chi connectivity index (χ4v) is 2.81. The molecule has 2 rings (SSSR count). The number of anilines is 1. The van der Waals surface area contributed by atoms with Gasteiger partial charge in [0.05, 0.1) is 5.92 Å². The normalized spacial score (nSPS) is 17.4. The SMILES string of the molecule is COCC(=O)N1CCCC(C(=O)NCCNc2ncccc2C)C1. The van der Waals surface area contributed by atoms with Crippen LogP contribution in [0, 0.1) is 12.8 Å². The van der Waals surface area contributed by atoms with Crippen molar-refractivity contribution in [1.82, 2.24) is 15.2 Å².